The summed E-state index contributed by atoms with van der Waals surface area (Å²) in [4.78, 5) is 11.2. The Morgan fingerprint density at radius 2 is 2.29 bits per heavy atom. The third-order valence-corrected chi connectivity index (χ3v) is 2.66. The topological polar surface area (TPSA) is 50.1 Å². The summed E-state index contributed by atoms with van der Waals surface area (Å²) in [5.74, 6) is -1.24. The number of ether oxygens (including phenoxy) is 1. The van der Waals surface area contributed by atoms with Crippen molar-refractivity contribution in [3.05, 3.63) is 32.6 Å². The third-order valence-electron chi connectivity index (χ3n) is 1.56. The molecule has 1 rings (SSSR count). The van der Waals surface area contributed by atoms with E-state index in [1.54, 1.807) is 28.7 Å². The number of halogens is 2. The molecule has 0 N–H and O–H groups in total. The van der Waals surface area contributed by atoms with Crippen LogP contribution < -0.4 is 0 Å². The Kier molecular flexibility index (Phi) is 3.41. The van der Waals surface area contributed by atoms with Gasteiger partial charge in [-0.25, -0.2) is 9.18 Å². The molecule has 0 aromatic heterocycles. The summed E-state index contributed by atoms with van der Waals surface area (Å²) in [6.07, 6.45) is 0. The van der Waals surface area contributed by atoms with Crippen LogP contribution in [-0.2, 0) is 4.74 Å². The van der Waals surface area contributed by atoms with Crippen molar-refractivity contribution < 1.29 is 13.9 Å². The molecule has 0 saturated heterocycles. The molecule has 0 saturated carbocycles. The quantitative estimate of drug-likeness (QED) is 0.590. The third kappa shape index (κ3) is 2.01. The first-order valence-electron chi connectivity index (χ1n) is 3.57. The molecule has 0 amide bonds. The van der Waals surface area contributed by atoms with E-state index in [-0.39, 0.29) is 14.7 Å². The highest BCUT2D eigenvalue weighted by Gasteiger charge is 2.15. The predicted molar refractivity (Wildman–Crippen MR) is 55.2 cm³/mol. The fourth-order valence-electron chi connectivity index (χ4n) is 0.912. The lowest BCUT2D eigenvalue weighted by Gasteiger charge is -2.03. The van der Waals surface area contributed by atoms with Gasteiger partial charge in [0, 0.05) is 0 Å². The van der Waals surface area contributed by atoms with E-state index in [0.717, 1.165) is 6.07 Å². The Morgan fingerprint density at radius 3 is 2.79 bits per heavy atom. The van der Waals surface area contributed by atoms with Gasteiger partial charge in [-0.15, -0.1) is 0 Å². The number of esters is 1. The summed E-state index contributed by atoms with van der Waals surface area (Å²) in [5, 5.41) is 8.56. The van der Waals surface area contributed by atoms with Crippen molar-refractivity contribution in [1.29, 1.82) is 5.26 Å². The monoisotopic (exact) mass is 305 g/mol. The van der Waals surface area contributed by atoms with Crippen LogP contribution in [-0.4, -0.2) is 13.1 Å². The van der Waals surface area contributed by atoms with Crippen molar-refractivity contribution in [3.63, 3.8) is 0 Å². The molecule has 0 heterocycles. The van der Waals surface area contributed by atoms with E-state index >= 15 is 0 Å². The van der Waals surface area contributed by atoms with Crippen LogP contribution in [0.2, 0.25) is 0 Å². The number of hydrogen-bond acceptors (Lipinski definition) is 3. The number of benzene rings is 1. The van der Waals surface area contributed by atoms with Crippen molar-refractivity contribution >= 4 is 28.6 Å². The molecule has 0 aliphatic heterocycles. The molecule has 3 nitrogen and oxygen atoms in total. The highest BCUT2D eigenvalue weighted by atomic mass is 127. The summed E-state index contributed by atoms with van der Waals surface area (Å²) in [7, 11) is 1.20. The second-order valence-electron chi connectivity index (χ2n) is 2.42. The van der Waals surface area contributed by atoms with Crippen LogP contribution in [0.4, 0.5) is 4.39 Å². The number of hydrogen-bond donors (Lipinski definition) is 0. The smallest absolute Gasteiger partial charge is 0.339 e. The van der Waals surface area contributed by atoms with Crippen LogP contribution in [0.1, 0.15) is 15.9 Å². The van der Waals surface area contributed by atoms with Crippen molar-refractivity contribution in [1.82, 2.24) is 0 Å². The zero-order valence-corrected chi connectivity index (χ0v) is 9.33. The zero-order chi connectivity index (χ0) is 10.7. The lowest BCUT2D eigenvalue weighted by Crippen LogP contribution is -2.06. The maximum atomic E-state index is 13.2. The molecular weight excluding hydrogens is 300 g/mol. The van der Waals surface area contributed by atoms with Crippen LogP contribution in [0.3, 0.4) is 0 Å². The van der Waals surface area contributed by atoms with Gasteiger partial charge in [0.1, 0.15) is 5.82 Å². The van der Waals surface area contributed by atoms with Crippen LogP contribution in [0, 0.1) is 20.7 Å². The average molecular weight is 305 g/mol. The average Bonchev–Trinajstić information content (AvgIpc) is 2.20. The molecule has 72 valence electrons. The molecule has 1 aromatic carbocycles. The maximum absolute atomic E-state index is 13.2. The largest absolute Gasteiger partial charge is 0.465 e. The molecule has 0 radical (unpaired) electrons. The van der Waals surface area contributed by atoms with Gasteiger partial charge in [-0.2, -0.15) is 5.26 Å². The maximum Gasteiger partial charge on any atom is 0.339 e. The van der Waals surface area contributed by atoms with Gasteiger partial charge in [0.2, 0.25) is 0 Å². The number of carbonyl (C=O) groups is 1. The second kappa shape index (κ2) is 4.37. The Bertz CT molecular complexity index is 426. The molecule has 0 aliphatic carbocycles. The first-order chi connectivity index (χ1) is 6.60. The molecule has 0 atom stereocenters. The van der Waals surface area contributed by atoms with Gasteiger partial charge < -0.3 is 4.74 Å². The molecule has 14 heavy (non-hydrogen) atoms. The molecule has 1 aromatic rings. The van der Waals surface area contributed by atoms with Crippen LogP contribution in [0.5, 0.6) is 0 Å². The van der Waals surface area contributed by atoms with E-state index in [2.05, 4.69) is 4.74 Å². The number of carbonyl (C=O) groups excluding carboxylic acids is 1. The molecule has 5 heteroatoms. The number of nitrogens with zero attached hydrogens (tertiary/aromatic N) is 1. The van der Waals surface area contributed by atoms with E-state index in [0.29, 0.717) is 0 Å². The highest BCUT2D eigenvalue weighted by molar-refractivity contribution is 14.1. The fourth-order valence-corrected chi connectivity index (χ4v) is 1.44. The lowest BCUT2D eigenvalue weighted by atomic mass is 10.1. The van der Waals surface area contributed by atoms with Gasteiger partial charge in [-0.05, 0) is 34.7 Å². The SMILES string of the molecule is COC(=O)c1cc(C#N)cc(F)c1I. The van der Waals surface area contributed by atoms with Gasteiger partial charge in [0.25, 0.3) is 0 Å². The standard InChI is InChI=1S/C9H5FINO2/c1-14-9(13)6-2-5(4-12)3-7(10)8(6)11/h2-3H,1H3. The van der Waals surface area contributed by atoms with Crippen molar-refractivity contribution in [2.75, 3.05) is 7.11 Å². The summed E-state index contributed by atoms with van der Waals surface area (Å²) in [6, 6.07) is 4.14. The fraction of sp³-hybridized carbons (Fsp3) is 0.111. The Morgan fingerprint density at radius 1 is 1.64 bits per heavy atom. The number of rotatable bonds is 1. The molecule has 0 bridgehead atoms. The number of methoxy groups -OCH3 is 1. The van der Waals surface area contributed by atoms with Crippen molar-refractivity contribution in [2.45, 2.75) is 0 Å². The second-order valence-corrected chi connectivity index (χ2v) is 3.50. The number of nitriles is 1. The summed E-state index contributed by atoms with van der Waals surface area (Å²) >= 11 is 1.69. The van der Waals surface area contributed by atoms with Gasteiger partial charge >= 0.3 is 5.97 Å². The van der Waals surface area contributed by atoms with E-state index in [1.165, 1.54) is 13.2 Å². The minimum atomic E-state index is -0.648. The van der Waals surface area contributed by atoms with E-state index in [9.17, 15) is 9.18 Å². The molecule has 0 unspecified atom stereocenters. The minimum absolute atomic E-state index is 0.0738. The van der Waals surface area contributed by atoms with Crippen molar-refractivity contribution in [2.24, 2.45) is 0 Å². The van der Waals surface area contributed by atoms with Gasteiger partial charge in [0.15, 0.2) is 0 Å². The Hall–Kier alpha value is -1.16. The first-order valence-corrected chi connectivity index (χ1v) is 4.65. The van der Waals surface area contributed by atoms with Gasteiger partial charge in [0.05, 0.1) is 27.9 Å². The van der Waals surface area contributed by atoms with Gasteiger partial charge in [-0.3, -0.25) is 0 Å². The van der Waals surface area contributed by atoms with Crippen LogP contribution >= 0.6 is 22.6 Å². The lowest BCUT2D eigenvalue weighted by molar-refractivity contribution is 0.0599. The van der Waals surface area contributed by atoms with E-state index in [4.69, 9.17) is 5.26 Å². The Balaban J connectivity index is 3.36. The highest BCUT2D eigenvalue weighted by Crippen LogP contribution is 2.19. The van der Waals surface area contributed by atoms with E-state index < -0.39 is 11.8 Å². The summed E-state index contributed by atoms with van der Waals surface area (Å²) < 4.78 is 17.8. The molecule has 0 fully saturated rings. The summed E-state index contributed by atoms with van der Waals surface area (Å²) in [6.45, 7) is 0. The molecular formula is C9H5FINO2. The minimum Gasteiger partial charge on any atom is -0.465 e. The van der Waals surface area contributed by atoms with Crippen molar-refractivity contribution in [3.8, 4) is 6.07 Å². The van der Waals surface area contributed by atoms with Crippen LogP contribution in [0.15, 0.2) is 12.1 Å². The predicted octanol–water partition coefficient (Wildman–Crippen LogP) is 2.09. The van der Waals surface area contributed by atoms with E-state index in [1.807, 2.05) is 0 Å². The molecule has 0 aliphatic rings. The van der Waals surface area contributed by atoms with Gasteiger partial charge in [-0.1, -0.05) is 0 Å². The summed E-state index contributed by atoms with van der Waals surface area (Å²) in [5.41, 5.74) is 0.174. The normalized spacial score (nSPS) is 9.29. The zero-order valence-electron chi connectivity index (χ0n) is 7.17. The first kappa shape index (κ1) is 10.9. The Labute approximate surface area is 93.6 Å². The molecule has 0 spiro atoms. The van der Waals surface area contributed by atoms with Crippen LogP contribution in [0.25, 0.3) is 0 Å².